The van der Waals surface area contributed by atoms with Crippen molar-refractivity contribution in [3.05, 3.63) is 30.1 Å². The second-order valence-electron chi connectivity index (χ2n) is 6.27. The maximum Gasteiger partial charge on any atom is 0.358 e. The summed E-state index contributed by atoms with van der Waals surface area (Å²) < 4.78 is 15.6. The zero-order valence-electron chi connectivity index (χ0n) is 16.9. The molecule has 0 fully saturated rings. The van der Waals surface area contributed by atoms with Crippen molar-refractivity contribution in [3.8, 4) is 11.5 Å². The molecule has 0 saturated heterocycles. The van der Waals surface area contributed by atoms with E-state index < -0.39 is 11.2 Å². The molecule has 2 aromatic rings. The van der Waals surface area contributed by atoms with Crippen LogP contribution in [0, 0.1) is 0 Å². The number of H-pyrrole nitrogens is 1. The summed E-state index contributed by atoms with van der Waals surface area (Å²) in [5, 5.41) is 3.24. The van der Waals surface area contributed by atoms with Crippen molar-refractivity contribution in [2.45, 2.75) is 10.4 Å². The highest BCUT2D eigenvalue weighted by Crippen LogP contribution is 2.30. The number of likely N-dealkylation sites (N-methyl/N-ethyl adjacent to an activating group) is 1. The number of ether oxygens (including phenoxy) is 3. The van der Waals surface area contributed by atoms with Gasteiger partial charge in [-0.15, -0.1) is 0 Å². The summed E-state index contributed by atoms with van der Waals surface area (Å²) in [6.07, 6.45) is 2.31. The predicted molar refractivity (Wildman–Crippen MR) is 111 cm³/mol. The van der Waals surface area contributed by atoms with E-state index in [4.69, 9.17) is 14.2 Å². The summed E-state index contributed by atoms with van der Waals surface area (Å²) in [7, 11) is 6.92. The topological polar surface area (TPSA) is 106 Å². The van der Waals surface area contributed by atoms with Gasteiger partial charge in [-0.1, -0.05) is 11.8 Å². The lowest BCUT2D eigenvalue weighted by molar-refractivity contribution is -0.107. The van der Waals surface area contributed by atoms with Crippen LogP contribution in [0.15, 0.2) is 29.6 Å². The monoisotopic (exact) mass is 422 g/mol. The number of imidazole rings is 1. The van der Waals surface area contributed by atoms with Crippen LogP contribution in [0.4, 0.5) is 5.69 Å². The van der Waals surface area contributed by atoms with Crippen LogP contribution in [0.25, 0.3) is 0 Å². The number of nitrogens with zero attached hydrogens (tertiary/aromatic N) is 2. The minimum Gasteiger partial charge on any atom is -0.493 e. The van der Waals surface area contributed by atoms with Crippen LogP contribution in [0.3, 0.4) is 0 Å². The first kappa shape index (κ1) is 22.6. The molecule has 1 heterocycles. The van der Waals surface area contributed by atoms with Crippen LogP contribution in [-0.4, -0.2) is 80.4 Å². The summed E-state index contributed by atoms with van der Waals surface area (Å²) in [4.78, 5) is 32.5. The Hall–Kier alpha value is -2.72. The second-order valence-corrected chi connectivity index (χ2v) is 7.50. The van der Waals surface area contributed by atoms with Crippen LogP contribution in [-0.2, 0) is 9.53 Å². The number of hydrogen-bond donors (Lipinski definition) is 2. The summed E-state index contributed by atoms with van der Waals surface area (Å²) in [6, 6.07) is 5.41. The zero-order valence-corrected chi connectivity index (χ0v) is 17.7. The number of aldehydes is 1. The average molecular weight is 423 g/mol. The van der Waals surface area contributed by atoms with Gasteiger partial charge in [0.15, 0.2) is 22.3 Å². The molecule has 158 valence electrons. The number of rotatable bonds is 12. The SMILES string of the molecule is COc1ccc(NCC(C=O)Sc2nc(C(=O)OCCN(C)C)c[nH]2)cc1OC. The Morgan fingerprint density at radius 3 is 2.72 bits per heavy atom. The molecule has 0 amide bonds. The summed E-state index contributed by atoms with van der Waals surface area (Å²) in [5.74, 6) is 0.720. The number of aromatic nitrogens is 2. The summed E-state index contributed by atoms with van der Waals surface area (Å²) >= 11 is 1.22. The Balaban J connectivity index is 1.89. The number of carbonyl (C=O) groups excluding carboxylic acids is 2. The minimum absolute atomic E-state index is 0.184. The molecule has 0 spiro atoms. The molecular weight excluding hydrogens is 396 g/mol. The number of methoxy groups -OCH3 is 2. The van der Waals surface area contributed by atoms with Gasteiger partial charge in [0.1, 0.15) is 12.9 Å². The molecule has 1 aromatic carbocycles. The number of anilines is 1. The highest BCUT2D eigenvalue weighted by atomic mass is 32.2. The van der Waals surface area contributed by atoms with Crippen molar-refractivity contribution in [2.24, 2.45) is 0 Å². The quantitative estimate of drug-likeness (QED) is 0.301. The Labute approximate surface area is 174 Å². The van der Waals surface area contributed by atoms with Crippen LogP contribution >= 0.6 is 11.8 Å². The molecule has 9 nitrogen and oxygen atoms in total. The smallest absolute Gasteiger partial charge is 0.358 e. The molecule has 0 aliphatic rings. The molecule has 0 radical (unpaired) electrons. The van der Waals surface area contributed by atoms with Gasteiger partial charge in [0.05, 0.1) is 19.5 Å². The van der Waals surface area contributed by atoms with Gasteiger partial charge in [-0.3, -0.25) is 0 Å². The van der Waals surface area contributed by atoms with Crippen molar-refractivity contribution in [2.75, 3.05) is 53.3 Å². The first-order chi connectivity index (χ1) is 14.0. The number of aromatic amines is 1. The molecule has 29 heavy (non-hydrogen) atoms. The molecule has 2 rings (SSSR count). The third-order valence-electron chi connectivity index (χ3n) is 3.84. The van der Waals surface area contributed by atoms with Crippen molar-refractivity contribution < 1.29 is 23.8 Å². The van der Waals surface area contributed by atoms with E-state index in [1.807, 2.05) is 25.1 Å². The van der Waals surface area contributed by atoms with Gasteiger partial charge in [-0.25, -0.2) is 9.78 Å². The predicted octanol–water partition coefficient (Wildman–Crippen LogP) is 1.92. The summed E-state index contributed by atoms with van der Waals surface area (Å²) in [6.45, 7) is 1.28. The zero-order chi connectivity index (χ0) is 21.2. The second kappa shape index (κ2) is 11.3. The lowest BCUT2D eigenvalue weighted by Gasteiger charge is -2.13. The van der Waals surface area contributed by atoms with Gasteiger partial charge in [0.2, 0.25) is 0 Å². The van der Waals surface area contributed by atoms with Crippen molar-refractivity contribution in [3.63, 3.8) is 0 Å². The first-order valence-corrected chi connectivity index (χ1v) is 9.80. The highest BCUT2D eigenvalue weighted by molar-refractivity contribution is 8.00. The van der Waals surface area contributed by atoms with Gasteiger partial charge in [-0.05, 0) is 26.2 Å². The van der Waals surface area contributed by atoms with E-state index in [1.54, 1.807) is 26.4 Å². The van der Waals surface area contributed by atoms with E-state index in [1.165, 1.54) is 18.0 Å². The van der Waals surface area contributed by atoms with Gasteiger partial charge < -0.3 is 34.2 Å². The van der Waals surface area contributed by atoms with Crippen LogP contribution in [0.1, 0.15) is 10.5 Å². The standard InChI is InChI=1S/C19H26N4O5S/c1-23(2)7-8-28-18(25)15-11-21-19(22-15)29-14(12-24)10-20-13-5-6-16(26-3)17(9-13)27-4/h5-6,9,11-12,14,20H,7-8,10H2,1-4H3,(H,21,22). The number of hydrogen-bond acceptors (Lipinski definition) is 9. The lowest BCUT2D eigenvalue weighted by atomic mass is 10.2. The Bertz CT molecular complexity index is 812. The van der Waals surface area contributed by atoms with Crippen LogP contribution < -0.4 is 14.8 Å². The number of thioether (sulfide) groups is 1. The molecule has 0 aliphatic heterocycles. The molecule has 0 aliphatic carbocycles. The number of esters is 1. The Kier molecular flexibility index (Phi) is 8.81. The first-order valence-electron chi connectivity index (χ1n) is 8.92. The third-order valence-corrected chi connectivity index (χ3v) is 4.85. The highest BCUT2D eigenvalue weighted by Gasteiger charge is 2.16. The Morgan fingerprint density at radius 1 is 1.31 bits per heavy atom. The van der Waals surface area contributed by atoms with Crippen molar-refractivity contribution in [1.82, 2.24) is 14.9 Å². The normalized spacial score (nSPS) is 11.8. The molecule has 1 atom stereocenters. The molecule has 1 aromatic heterocycles. The largest absolute Gasteiger partial charge is 0.493 e. The molecule has 0 saturated carbocycles. The Morgan fingerprint density at radius 2 is 2.07 bits per heavy atom. The van der Waals surface area contributed by atoms with Gasteiger partial charge in [-0.2, -0.15) is 0 Å². The maximum absolute atomic E-state index is 12.0. The summed E-state index contributed by atoms with van der Waals surface area (Å²) in [5.41, 5.74) is 0.975. The van der Waals surface area contributed by atoms with E-state index in [0.717, 1.165) is 12.0 Å². The van der Waals surface area contributed by atoms with Crippen molar-refractivity contribution in [1.29, 1.82) is 0 Å². The number of carbonyl (C=O) groups is 2. The van der Waals surface area contributed by atoms with E-state index in [2.05, 4.69) is 15.3 Å². The molecule has 1 unspecified atom stereocenters. The lowest BCUT2D eigenvalue weighted by Crippen LogP contribution is -2.20. The van der Waals surface area contributed by atoms with E-state index >= 15 is 0 Å². The van der Waals surface area contributed by atoms with Crippen LogP contribution in [0.5, 0.6) is 11.5 Å². The van der Waals surface area contributed by atoms with E-state index in [9.17, 15) is 9.59 Å². The van der Waals surface area contributed by atoms with Crippen LogP contribution in [0.2, 0.25) is 0 Å². The van der Waals surface area contributed by atoms with Gasteiger partial charge >= 0.3 is 5.97 Å². The molecule has 10 heteroatoms. The fraction of sp³-hybridized carbons (Fsp3) is 0.421. The minimum atomic E-state index is -0.499. The third kappa shape index (κ3) is 6.99. The molecule has 2 N–H and O–H groups in total. The average Bonchev–Trinajstić information content (AvgIpc) is 3.19. The van der Waals surface area contributed by atoms with Gasteiger partial charge in [0.25, 0.3) is 0 Å². The fourth-order valence-corrected chi connectivity index (χ4v) is 3.08. The molecular formula is C19H26N4O5S. The van der Waals surface area contributed by atoms with E-state index in [-0.39, 0.29) is 12.3 Å². The van der Waals surface area contributed by atoms with E-state index in [0.29, 0.717) is 29.7 Å². The number of benzene rings is 1. The van der Waals surface area contributed by atoms with Crippen molar-refractivity contribution >= 4 is 29.7 Å². The maximum atomic E-state index is 12.0. The van der Waals surface area contributed by atoms with Gasteiger partial charge in [0, 0.05) is 31.0 Å². The fourth-order valence-electron chi connectivity index (χ4n) is 2.29. The number of nitrogens with one attached hydrogen (secondary N) is 2. The molecule has 0 bridgehead atoms.